The maximum Gasteiger partial charge on any atom is 0.0431 e. The first-order valence-corrected chi connectivity index (χ1v) is 6.49. The molecule has 0 aliphatic carbocycles. The number of aliphatic hydroxyl groups excluding tert-OH is 1. The van der Waals surface area contributed by atoms with Crippen LogP contribution in [0.3, 0.4) is 0 Å². The van der Waals surface area contributed by atoms with Gasteiger partial charge in [-0.15, -0.1) is 11.3 Å². The summed E-state index contributed by atoms with van der Waals surface area (Å²) in [5, 5.41) is 12.2. The highest BCUT2D eigenvalue weighted by atomic mass is 32.1. The monoisotopic (exact) mass is 227 g/mol. The van der Waals surface area contributed by atoms with Gasteiger partial charge in [0.05, 0.1) is 0 Å². The molecular weight excluding hydrogens is 206 g/mol. The average molecular weight is 227 g/mol. The van der Waals surface area contributed by atoms with Crippen molar-refractivity contribution in [2.24, 2.45) is 0 Å². The lowest BCUT2D eigenvalue weighted by Gasteiger charge is -2.11. The summed E-state index contributed by atoms with van der Waals surface area (Å²) in [5.74, 6) is 0. The Hall–Kier alpha value is -0.380. The Kier molecular flexibility index (Phi) is 5.91. The largest absolute Gasteiger partial charge is 0.396 e. The molecular formula is C12H21NOS. The van der Waals surface area contributed by atoms with Gasteiger partial charge in [-0.3, -0.25) is 0 Å². The van der Waals surface area contributed by atoms with Gasteiger partial charge in [0.1, 0.15) is 0 Å². The molecule has 1 heterocycles. The molecule has 1 rings (SSSR count). The topological polar surface area (TPSA) is 32.3 Å². The van der Waals surface area contributed by atoms with Crippen LogP contribution in [0.2, 0.25) is 0 Å². The van der Waals surface area contributed by atoms with E-state index in [9.17, 15) is 0 Å². The first kappa shape index (κ1) is 12.7. The smallest absolute Gasteiger partial charge is 0.0431 e. The molecule has 0 fully saturated rings. The minimum absolute atomic E-state index is 0.297. The highest BCUT2D eigenvalue weighted by Gasteiger charge is 2.02. The molecule has 2 N–H and O–H groups in total. The van der Waals surface area contributed by atoms with Gasteiger partial charge in [0.2, 0.25) is 0 Å². The zero-order valence-corrected chi connectivity index (χ0v) is 10.4. The second-order valence-corrected chi connectivity index (χ2v) is 5.12. The lowest BCUT2D eigenvalue weighted by atomic mass is 10.2. The van der Waals surface area contributed by atoms with Crippen molar-refractivity contribution in [3.8, 4) is 0 Å². The van der Waals surface area contributed by atoms with E-state index < -0.39 is 0 Å². The van der Waals surface area contributed by atoms with Gasteiger partial charge in [0, 0.05) is 28.9 Å². The fraction of sp³-hybridized carbons (Fsp3) is 0.667. The quantitative estimate of drug-likeness (QED) is 0.750. The van der Waals surface area contributed by atoms with E-state index in [1.54, 1.807) is 0 Å². The van der Waals surface area contributed by atoms with E-state index in [4.69, 9.17) is 5.11 Å². The van der Waals surface area contributed by atoms with Crippen molar-refractivity contribution in [2.45, 2.75) is 45.7 Å². The van der Waals surface area contributed by atoms with Crippen LogP contribution < -0.4 is 5.32 Å². The van der Waals surface area contributed by atoms with Crippen LogP contribution in [0.1, 0.15) is 36.4 Å². The van der Waals surface area contributed by atoms with Crippen LogP contribution in [0.4, 0.5) is 0 Å². The van der Waals surface area contributed by atoms with Gasteiger partial charge >= 0.3 is 0 Å². The number of aryl methyl sites for hydroxylation is 1. The molecule has 0 saturated heterocycles. The van der Waals surface area contributed by atoms with Crippen LogP contribution >= 0.6 is 11.3 Å². The Labute approximate surface area is 96.3 Å². The van der Waals surface area contributed by atoms with Crippen LogP contribution in [-0.4, -0.2) is 17.8 Å². The zero-order chi connectivity index (χ0) is 11.1. The molecule has 1 aromatic rings. The third kappa shape index (κ3) is 4.78. The van der Waals surface area contributed by atoms with E-state index in [-0.39, 0.29) is 0 Å². The number of nitrogens with one attached hydrogen (secondary N) is 1. The highest BCUT2D eigenvalue weighted by molar-refractivity contribution is 7.11. The fourth-order valence-corrected chi connectivity index (χ4v) is 2.39. The highest BCUT2D eigenvalue weighted by Crippen LogP contribution is 2.16. The lowest BCUT2D eigenvalue weighted by molar-refractivity contribution is 0.276. The molecule has 86 valence electrons. The van der Waals surface area contributed by atoms with Crippen molar-refractivity contribution in [3.05, 3.63) is 21.9 Å². The van der Waals surface area contributed by atoms with Crippen molar-refractivity contribution in [3.63, 3.8) is 0 Å². The van der Waals surface area contributed by atoms with Crippen LogP contribution in [0.5, 0.6) is 0 Å². The van der Waals surface area contributed by atoms with Crippen molar-refractivity contribution >= 4 is 11.3 Å². The van der Waals surface area contributed by atoms with E-state index in [0.29, 0.717) is 12.6 Å². The molecule has 0 spiro atoms. The van der Waals surface area contributed by atoms with Crippen LogP contribution in [-0.2, 0) is 13.0 Å². The summed E-state index contributed by atoms with van der Waals surface area (Å²) in [6, 6.07) is 4.90. The Morgan fingerprint density at radius 3 is 2.73 bits per heavy atom. The maximum atomic E-state index is 8.71. The molecule has 15 heavy (non-hydrogen) atoms. The lowest BCUT2D eigenvalue weighted by Crippen LogP contribution is -2.25. The fourth-order valence-electron chi connectivity index (χ4n) is 1.48. The Morgan fingerprint density at radius 1 is 1.40 bits per heavy atom. The minimum atomic E-state index is 0.297. The van der Waals surface area contributed by atoms with Gasteiger partial charge in [0.25, 0.3) is 0 Å². The minimum Gasteiger partial charge on any atom is -0.396 e. The van der Waals surface area contributed by atoms with E-state index in [1.807, 2.05) is 11.3 Å². The summed E-state index contributed by atoms with van der Waals surface area (Å²) in [6.07, 6.45) is 3.06. The Morgan fingerprint density at radius 2 is 2.13 bits per heavy atom. The summed E-state index contributed by atoms with van der Waals surface area (Å²) in [4.78, 5) is 2.86. The molecule has 0 aliphatic heterocycles. The number of rotatable bonds is 7. The molecule has 1 atom stereocenters. The molecule has 0 radical (unpaired) electrons. The van der Waals surface area contributed by atoms with Crippen LogP contribution in [0, 0.1) is 0 Å². The van der Waals surface area contributed by atoms with Gasteiger partial charge in [0.15, 0.2) is 0 Å². The van der Waals surface area contributed by atoms with Gasteiger partial charge in [-0.1, -0.05) is 6.92 Å². The van der Waals surface area contributed by atoms with Gasteiger partial charge in [-0.05, 0) is 38.3 Å². The molecule has 0 aromatic carbocycles. The third-order valence-electron chi connectivity index (χ3n) is 2.49. The predicted molar refractivity (Wildman–Crippen MR) is 66.3 cm³/mol. The normalized spacial score (nSPS) is 13.0. The maximum absolute atomic E-state index is 8.71. The molecule has 1 aromatic heterocycles. The van der Waals surface area contributed by atoms with Crippen molar-refractivity contribution in [1.82, 2.24) is 5.32 Å². The van der Waals surface area contributed by atoms with Crippen molar-refractivity contribution in [2.75, 3.05) is 6.61 Å². The van der Waals surface area contributed by atoms with Crippen molar-refractivity contribution in [1.29, 1.82) is 0 Å². The van der Waals surface area contributed by atoms with E-state index >= 15 is 0 Å². The number of hydrogen-bond donors (Lipinski definition) is 2. The van der Waals surface area contributed by atoms with Crippen LogP contribution in [0.15, 0.2) is 12.1 Å². The standard InChI is InChI=1S/C12H21NOS/c1-3-11-6-7-12(15-11)9-13-10(2)5-4-8-14/h6-7,10,13-14H,3-5,8-9H2,1-2H3. The zero-order valence-electron chi connectivity index (χ0n) is 9.62. The van der Waals surface area contributed by atoms with E-state index in [1.165, 1.54) is 9.75 Å². The molecule has 0 bridgehead atoms. The summed E-state index contributed by atoms with van der Waals surface area (Å²) in [6.45, 7) is 5.61. The number of aliphatic hydroxyl groups is 1. The second-order valence-electron chi connectivity index (χ2n) is 3.87. The summed E-state index contributed by atoms with van der Waals surface area (Å²) in [7, 11) is 0. The molecule has 0 amide bonds. The average Bonchev–Trinajstić information content (AvgIpc) is 2.71. The first-order chi connectivity index (χ1) is 7.26. The summed E-state index contributed by atoms with van der Waals surface area (Å²) < 4.78 is 0. The Balaban J connectivity index is 2.24. The van der Waals surface area contributed by atoms with Crippen molar-refractivity contribution < 1.29 is 5.11 Å². The predicted octanol–water partition coefficient (Wildman–Crippen LogP) is 2.56. The molecule has 3 heteroatoms. The van der Waals surface area contributed by atoms with Gasteiger partial charge in [-0.25, -0.2) is 0 Å². The summed E-state index contributed by atoms with van der Waals surface area (Å²) >= 11 is 1.89. The van der Waals surface area contributed by atoms with E-state index in [0.717, 1.165) is 25.8 Å². The molecule has 2 nitrogen and oxygen atoms in total. The first-order valence-electron chi connectivity index (χ1n) is 5.68. The van der Waals surface area contributed by atoms with Gasteiger partial charge < -0.3 is 10.4 Å². The number of hydrogen-bond acceptors (Lipinski definition) is 3. The molecule has 1 unspecified atom stereocenters. The van der Waals surface area contributed by atoms with Gasteiger partial charge in [-0.2, -0.15) is 0 Å². The SMILES string of the molecule is CCc1ccc(CNC(C)CCCO)s1. The third-order valence-corrected chi connectivity index (χ3v) is 3.72. The number of thiophene rings is 1. The second kappa shape index (κ2) is 6.99. The molecule has 0 aliphatic rings. The molecule has 0 saturated carbocycles. The Bertz CT molecular complexity index is 272. The van der Waals surface area contributed by atoms with Crippen LogP contribution in [0.25, 0.3) is 0 Å². The van der Waals surface area contributed by atoms with E-state index in [2.05, 4.69) is 31.3 Å². The summed E-state index contributed by atoms with van der Waals surface area (Å²) in [5.41, 5.74) is 0.